The minimum absolute atomic E-state index is 0.490. The first kappa shape index (κ1) is 27.3. The summed E-state index contributed by atoms with van der Waals surface area (Å²) in [5.74, 6) is 0.607. The quantitative estimate of drug-likeness (QED) is 0.194. The van der Waals surface area contributed by atoms with Crippen molar-refractivity contribution in [2.45, 2.75) is 5.41 Å². The molecule has 232 valence electrons. The summed E-state index contributed by atoms with van der Waals surface area (Å²) in [6, 6.07) is 60.8. The second-order valence-corrected chi connectivity index (χ2v) is 13.2. The van der Waals surface area contributed by atoms with E-state index in [1.54, 1.807) is 0 Å². The molecule has 0 fully saturated rings. The van der Waals surface area contributed by atoms with Crippen LogP contribution >= 0.6 is 0 Å². The van der Waals surface area contributed by atoms with Crippen LogP contribution in [0, 0.1) is 0 Å². The lowest BCUT2D eigenvalue weighted by atomic mass is 9.65. The minimum Gasteiger partial charge on any atom is -0.309 e. The maximum Gasteiger partial charge on any atom is 0.182 e. The molecule has 50 heavy (non-hydrogen) atoms. The zero-order valence-electron chi connectivity index (χ0n) is 27.0. The molecule has 7 aromatic carbocycles. The highest BCUT2D eigenvalue weighted by molar-refractivity contribution is 6.12. The molecule has 0 N–H and O–H groups in total. The van der Waals surface area contributed by atoms with Crippen molar-refractivity contribution in [3.8, 4) is 50.7 Å². The molecular weight excluding hydrogens is 609 g/mol. The van der Waals surface area contributed by atoms with Crippen molar-refractivity contribution in [1.82, 2.24) is 19.7 Å². The van der Waals surface area contributed by atoms with Gasteiger partial charge >= 0.3 is 0 Å². The Morgan fingerprint density at radius 1 is 0.420 bits per heavy atom. The van der Waals surface area contributed by atoms with E-state index in [4.69, 9.17) is 15.2 Å². The topological polar surface area (TPSA) is 43.6 Å². The van der Waals surface area contributed by atoms with E-state index in [0.29, 0.717) is 5.82 Å². The van der Waals surface area contributed by atoms with Gasteiger partial charge in [0.25, 0.3) is 0 Å². The van der Waals surface area contributed by atoms with Crippen molar-refractivity contribution < 1.29 is 0 Å². The van der Waals surface area contributed by atoms with Crippen LogP contribution in [0.1, 0.15) is 22.3 Å². The maximum atomic E-state index is 5.22. The maximum absolute atomic E-state index is 5.22. The lowest BCUT2D eigenvalue weighted by Crippen LogP contribution is -2.33. The Hall–Kier alpha value is -6.65. The molecule has 0 saturated heterocycles. The van der Waals surface area contributed by atoms with Crippen molar-refractivity contribution in [2.75, 3.05) is 0 Å². The Morgan fingerprint density at radius 2 is 1.06 bits per heavy atom. The van der Waals surface area contributed by atoms with Crippen molar-refractivity contribution in [1.29, 1.82) is 0 Å². The molecule has 0 bridgehead atoms. The average molecular weight is 637 g/mol. The highest BCUT2D eigenvalue weighted by Crippen LogP contribution is 2.61. The number of para-hydroxylation sites is 3. The van der Waals surface area contributed by atoms with Gasteiger partial charge in [-0.1, -0.05) is 152 Å². The summed E-state index contributed by atoms with van der Waals surface area (Å²) in [5.41, 5.74) is 15.4. The van der Waals surface area contributed by atoms with Gasteiger partial charge in [-0.05, 0) is 51.6 Å². The molecule has 0 radical (unpaired) electrons. The predicted octanol–water partition coefficient (Wildman–Crippen LogP) is 10.6. The molecule has 0 saturated carbocycles. The highest BCUT2D eigenvalue weighted by atomic mass is 15.2. The van der Waals surface area contributed by atoms with Gasteiger partial charge < -0.3 is 4.57 Å². The van der Waals surface area contributed by atoms with E-state index in [0.717, 1.165) is 28.1 Å². The van der Waals surface area contributed by atoms with Crippen molar-refractivity contribution in [3.05, 3.63) is 192 Å². The third-order valence-electron chi connectivity index (χ3n) is 10.7. The fourth-order valence-corrected chi connectivity index (χ4v) is 8.74. The van der Waals surface area contributed by atoms with Crippen LogP contribution in [0.15, 0.2) is 170 Å². The summed E-state index contributed by atoms with van der Waals surface area (Å²) in [7, 11) is 0. The number of benzene rings is 7. The summed E-state index contributed by atoms with van der Waals surface area (Å²) < 4.78 is 2.48. The van der Waals surface area contributed by atoms with Gasteiger partial charge in [0.15, 0.2) is 5.82 Å². The van der Waals surface area contributed by atoms with E-state index in [1.807, 2.05) is 36.4 Å². The first-order chi connectivity index (χ1) is 24.8. The van der Waals surface area contributed by atoms with E-state index < -0.39 is 5.41 Å². The number of nitrogens with zero attached hydrogens (tertiary/aromatic N) is 4. The smallest absolute Gasteiger partial charge is 0.182 e. The number of fused-ring (bicyclic) bond motifs is 12. The molecule has 2 aliphatic rings. The highest BCUT2D eigenvalue weighted by Gasteiger charge is 2.50. The molecule has 9 aromatic rings. The van der Waals surface area contributed by atoms with E-state index >= 15 is 0 Å². The Bertz CT molecular complexity index is 2820. The van der Waals surface area contributed by atoms with Gasteiger partial charge in [-0.3, -0.25) is 0 Å². The lowest BCUT2D eigenvalue weighted by Gasteiger charge is -2.39. The number of hydrogen-bond donors (Lipinski definition) is 0. The zero-order valence-corrected chi connectivity index (χ0v) is 27.0. The summed E-state index contributed by atoms with van der Waals surface area (Å²) in [4.78, 5) is 5.22. The fourth-order valence-electron chi connectivity index (χ4n) is 8.74. The molecule has 3 heterocycles. The van der Waals surface area contributed by atoms with E-state index in [1.165, 1.54) is 60.9 Å². The van der Waals surface area contributed by atoms with E-state index in [2.05, 4.69) is 138 Å². The van der Waals surface area contributed by atoms with Crippen molar-refractivity contribution in [3.63, 3.8) is 0 Å². The van der Waals surface area contributed by atoms with E-state index in [9.17, 15) is 0 Å². The lowest BCUT2D eigenvalue weighted by molar-refractivity contribution is 0.748. The molecule has 2 aromatic heterocycles. The van der Waals surface area contributed by atoms with Gasteiger partial charge in [0, 0.05) is 27.5 Å². The minimum atomic E-state index is -0.490. The SMILES string of the molecule is c1ccc(-c2nnc(-c3ccc4c(c3)-c3ccccc3C43c4ccccc4-n4c5ccccc5c5cccc3c54)nc2-c2ccccc2)cc1. The molecule has 11 rings (SSSR count). The van der Waals surface area contributed by atoms with Gasteiger partial charge in [0.05, 0.1) is 22.1 Å². The molecule has 0 amide bonds. The Morgan fingerprint density at radius 3 is 1.90 bits per heavy atom. The van der Waals surface area contributed by atoms with Crippen LogP contribution in [0.5, 0.6) is 0 Å². The molecule has 1 spiro atoms. The Labute approximate surface area is 289 Å². The number of hydrogen-bond acceptors (Lipinski definition) is 3. The van der Waals surface area contributed by atoms with Crippen LogP contribution in [0.2, 0.25) is 0 Å². The number of aromatic nitrogens is 4. The number of rotatable bonds is 3. The monoisotopic (exact) mass is 636 g/mol. The van der Waals surface area contributed by atoms with Crippen LogP contribution in [0.4, 0.5) is 0 Å². The molecule has 4 nitrogen and oxygen atoms in total. The first-order valence-corrected chi connectivity index (χ1v) is 17.1. The molecule has 4 heteroatoms. The summed E-state index contributed by atoms with van der Waals surface area (Å²) in [6.07, 6.45) is 0. The zero-order chi connectivity index (χ0) is 32.8. The summed E-state index contributed by atoms with van der Waals surface area (Å²) in [6.45, 7) is 0. The van der Waals surface area contributed by atoms with Gasteiger partial charge in [-0.25, -0.2) is 4.98 Å². The molecule has 1 aliphatic carbocycles. The Balaban J connectivity index is 1.18. The van der Waals surface area contributed by atoms with Crippen molar-refractivity contribution in [2.24, 2.45) is 0 Å². The van der Waals surface area contributed by atoms with Gasteiger partial charge in [0.2, 0.25) is 0 Å². The van der Waals surface area contributed by atoms with E-state index in [-0.39, 0.29) is 0 Å². The van der Waals surface area contributed by atoms with Crippen LogP contribution in [-0.2, 0) is 5.41 Å². The molecule has 1 unspecified atom stereocenters. The Kier molecular flexibility index (Phi) is 5.56. The van der Waals surface area contributed by atoms with Crippen molar-refractivity contribution >= 4 is 21.8 Å². The standard InChI is InChI=1S/C46H28N4/c1-3-14-29(15-4-1)42-43(30-16-5-2-6-17-30)48-49-45(47-42)31-26-27-37-35(28-31)32-18-7-9-21-36(32)46(37)38-22-10-12-25-41(38)50-40-24-11-8-19-33(40)34-20-13-23-39(46)44(34)50/h1-28H. The second kappa shape index (κ2) is 10.2. The molecule has 1 atom stereocenters. The average Bonchev–Trinajstić information content (AvgIpc) is 3.69. The van der Waals surface area contributed by atoms with Gasteiger partial charge in [-0.2, -0.15) is 0 Å². The molecule has 1 aliphatic heterocycles. The first-order valence-electron chi connectivity index (χ1n) is 17.1. The van der Waals surface area contributed by atoms with Crippen LogP contribution in [0.25, 0.3) is 72.5 Å². The van der Waals surface area contributed by atoms with Gasteiger partial charge in [-0.15, -0.1) is 10.2 Å². The molecular formula is C46H28N4. The fraction of sp³-hybridized carbons (Fsp3) is 0.0217. The van der Waals surface area contributed by atoms with Gasteiger partial charge in [0.1, 0.15) is 11.4 Å². The third-order valence-corrected chi connectivity index (χ3v) is 10.7. The summed E-state index contributed by atoms with van der Waals surface area (Å²) in [5, 5.41) is 12.1. The largest absolute Gasteiger partial charge is 0.309 e. The van der Waals surface area contributed by atoms with Crippen LogP contribution in [0.3, 0.4) is 0 Å². The van der Waals surface area contributed by atoms with Crippen LogP contribution in [-0.4, -0.2) is 19.7 Å². The third kappa shape index (κ3) is 3.52. The predicted molar refractivity (Wildman–Crippen MR) is 201 cm³/mol. The second-order valence-electron chi connectivity index (χ2n) is 13.2. The van der Waals surface area contributed by atoms with Crippen LogP contribution < -0.4 is 0 Å². The summed E-state index contributed by atoms with van der Waals surface area (Å²) >= 11 is 0. The normalized spacial score (nSPS) is 15.3.